The molecule has 5 nitrogen and oxygen atoms in total. The third kappa shape index (κ3) is 4.21. The Morgan fingerprint density at radius 1 is 1.15 bits per heavy atom. The molecule has 1 aromatic carbocycles. The van der Waals surface area contributed by atoms with E-state index in [9.17, 15) is 9.59 Å². The molecule has 0 saturated heterocycles. The van der Waals surface area contributed by atoms with Crippen molar-refractivity contribution in [1.29, 1.82) is 0 Å². The van der Waals surface area contributed by atoms with Crippen LogP contribution >= 0.6 is 31.9 Å². The number of amides is 2. The number of furan rings is 1. The van der Waals surface area contributed by atoms with Crippen molar-refractivity contribution in [3.63, 3.8) is 0 Å². The van der Waals surface area contributed by atoms with Crippen molar-refractivity contribution in [2.24, 2.45) is 0 Å². The Morgan fingerprint density at radius 2 is 1.95 bits per heavy atom. The number of benzene rings is 1. The van der Waals surface area contributed by atoms with E-state index in [4.69, 9.17) is 4.42 Å². The zero-order chi connectivity index (χ0) is 14.5. The Kier molecular flexibility index (Phi) is 4.97. The van der Waals surface area contributed by atoms with Crippen molar-refractivity contribution in [2.45, 2.75) is 0 Å². The topological polar surface area (TPSA) is 71.3 Å². The summed E-state index contributed by atoms with van der Waals surface area (Å²) in [6.07, 6.45) is 0. The number of nitrogens with one attached hydrogen (secondary N) is 2. The van der Waals surface area contributed by atoms with Crippen molar-refractivity contribution in [1.82, 2.24) is 5.32 Å². The molecule has 0 bridgehead atoms. The predicted octanol–water partition coefficient (Wildman–Crippen LogP) is 3.17. The van der Waals surface area contributed by atoms with Gasteiger partial charge in [-0.1, -0.05) is 22.0 Å². The minimum Gasteiger partial charge on any atom is -0.444 e. The minimum absolute atomic E-state index is 0.135. The molecule has 2 amide bonds. The monoisotopic (exact) mass is 400 g/mol. The van der Waals surface area contributed by atoms with E-state index in [1.54, 1.807) is 24.3 Å². The van der Waals surface area contributed by atoms with Gasteiger partial charge in [0.1, 0.15) is 0 Å². The van der Waals surface area contributed by atoms with Gasteiger partial charge in [-0.25, -0.2) is 0 Å². The van der Waals surface area contributed by atoms with E-state index < -0.39 is 5.91 Å². The Morgan fingerprint density at radius 3 is 2.60 bits per heavy atom. The molecular formula is C13H10Br2N2O3. The van der Waals surface area contributed by atoms with Gasteiger partial charge in [-0.2, -0.15) is 0 Å². The minimum atomic E-state index is -0.444. The van der Waals surface area contributed by atoms with Gasteiger partial charge >= 0.3 is 0 Å². The molecular weight excluding hydrogens is 392 g/mol. The lowest BCUT2D eigenvalue weighted by Crippen LogP contribution is -2.32. The molecule has 20 heavy (non-hydrogen) atoms. The maximum Gasteiger partial charge on any atom is 0.287 e. The average molecular weight is 402 g/mol. The molecule has 0 atom stereocenters. The molecule has 2 rings (SSSR count). The van der Waals surface area contributed by atoms with Crippen LogP contribution in [0.4, 0.5) is 5.69 Å². The molecule has 0 aliphatic carbocycles. The summed E-state index contributed by atoms with van der Waals surface area (Å²) in [5, 5.41) is 5.14. The molecule has 2 aromatic rings. The van der Waals surface area contributed by atoms with Crippen molar-refractivity contribution >= 4 is 49.4 Å². The first-order chi connectivity index (χ1) is 9.54. The summed E-state index contributed by atoms with van der Waals surface area (Å²) in [5.74, 6) is -0.616. The van der Waals surface area contributed by atoms with E-state index in [-0.39, 0.29) is 18.2 Å². The summed E-state index contributed by atoms with van der Waals surface area (Å²) in [5.41, 5.74) is 0.652. The molecule has 7 heteroatoms. The van der Waals surface area contributed by atoms with E-state index >= 15 is 0 Å². The fraction of sp³-hybridized carbons (Fsp3) is 0.0769. The zero-order valence-electron chi connectivity index (χ0n) is 10.2. The fourth-order valence-electron chi connectivity index (χ4n) is 1.46. The fourth-order valence-corrected chi connectivity index (χ4v) is 2.16. The first-order valence-electron chi connectivity index (χ1n) is 5.63. The molecule has 0 radical (unpaired) electrons. The summed E-state index contributed by atoms with van der Waals surface area (Å²) >= 11 is 6.41. The largest absolute Gasteiger partial charge is 0.444 e. The summed E-state index contributed by atoms with van der Waals surface area (Å²) in [6.45, 7) is -0.135. The van der Waals surface area contributed by atoms with Crippen LogP contribution in [0, 0.1) is 0 Å². The molecule has 1 heterocycles. The van der Waals surface area contributed by atoms with Gasteiger partial charge in [0, 0.05) is 10.2 Å². The standard InChI is InChI=1S/C13H10Br2N2O3/c14-8-2-1-3-9(6-8)17-12(18)7-16-13(19)10-4-5-11(15)20-10/h1-6H,7H2,(H,16,19)(H,17,18). The van der Waals surface area contributed by atoms with Gasteiger partial charge < -0.3 is 15.1 Å². The normalized spacial score (nSPS) is 10.1. The summed E-state index contributed by atoms with van der Waals surface area (Å²) < 4.78 is 6.40. The van der Waals surface area contributed by atoms with Gasteiger partial charge in [-0.15, -0.1) is 0 Å². The van der Waals surface area contributed by atoms with Gasteiger partial charge in [0.15, 0.2) is 10.4 Å². The molecule has 0 saturated carbocycles. The van der Waals surface area contributed by atoms with Gasteiger partial charge in [0.25, 0.3) is 5.91 Å². The maximum absolute atomic E-state index is 11.7. The zero-order valence-corrected chi connectivity index (χ0v) is 13.3. The van der Waals surface area contributed by atoms with Crippen LogP contribution in [0.1, 0.15) is 10.6 Å². The van der Waals surface area contributed by atoms with Gasteiger partial charge in [0.05, 0.1) is 6.54 Å². The summed E-state index contributed by atoms with van der Waals surface area (Å²) in [6, 6.07) is 10.3. The highest BCUT2D eigenvalue weighted by atomic mass is 79.9. The van der Waals surface area contributed by atoms with Crippen LogP contribution in [0.5, 0.6) is 0 Å². The lowest BCUT2D eigenvalue weighted by atomic mass is 10.3. The number of hydrogen-bond acceptors (Lipinski definition) is 3. The van der Waals surface area contributed by atoms with E-state index in [1.165, 1.54) is 6.07 Å². The number of carbonyl (C=O) groups excluding carboxylic acids is 2. The number of halogens is 2. The summed E-state index contributed by atoms with van der Waals surface area (Å²) in [4.78, 5) is 23.3. The highest BCUT2D eigenvalue weighted by Gasteiger charge is 2.11. The highest BCUT2D eigenvalue weighted by Crippen LogP contribution is 2.15. The van der Waals surface area contributed by atoms with Crippen LogP contribution < -0.4 is 10.6 Å². The Balaban J connectivity index is 1.85. The first-order valence-corrected chi connectivity index (χ1v) is 7.22. The van der Waals surface area contributed by atoms with E-state index in [0.717, 1.165) is 4.47 Å². The molecule has 104 valence electrons. The van der Waals surface area contributed by atoms with Gasteiger partial charge in [0.2, 0.25) is 5.91 Å². The predicted molar refractivity (Wildman–Crippen MR) is 81.5 cm³/mol. The Labute approximate surface area is 132 Å². The van der Waals surface area contributed by atoms with Crippen molar-refractivity contribution < 1.29 is 14.0 Å². The van der Waals surface area contributed by atoms with Crippen LogP contribution in [0.15, 0.2) is 50.0 Å². The van der Waals surface area contributed by atoms with E-state index in [1.807, 2.05) is 6.07 Å². The second-order valence-corrected chi connectivity index (χ2v) is 5.54. The SMILES string of the molecule is O=C(CNC(=O)c1ccc(Br)o1)Nc1cccc(Br)c1. The molecule has 2 N–H and O–H groups in total. The lowest BCUT2D eigenvalue weighted by molar-refractivity contribution is -0.115. The third-order valence-corrected chi connectivity index (χ3v) is 3.23. The lowest BCUT2D eigenvalue weighted by Gasteiger charge is -2.06. The number of anilines is 1. The van der Waals surface area contributed by atoms with Crippen LogP contribution in [0.25, 0.3) is 0 Å². The number of rotatable bonds is 4. The van der Waals surface area contributed by atoms with Crippen LogP contribution in [0.2, 0.25) is 0 Å². The number of carbonyl (C=O) groups is 2. The van der Waals surface area contributed by atoms with Crippen molar-refractivity contribution in [2.75, 3.05) is 11.9 Å². The van der Waals surface area contributed by atoms with Crippen molar-refractivity contribution in [3.8, 4) is 0 Å². The van der Waals surface area contributed by atoms with Crippen molar-refractivity contribution in [3.05, 3.63) is 51.3 Å². The average Bonchev–Trinajstić information content (AvgIpc) is 2.83. The van der Waals surface area contributed by atoms with Crippen LogP contribution in [0.3, 0.4) is 0 Å². The molecule has 1 aromatic heterocycles. The second kappa shape index (κ2) is 6.71. The highest BCUT2D eigenvalue weighted by molar-refractivity contribution is 9.10. The van der Waals surface area contributed by atoms with Crippen LogP contribution in [-0.2, 0) is 4.79 Å². The van der Waals surface area contributed by atoms with E-state index in [0.29, 0.717) is 10.4 Å². The van der Waals surface area contributed by atoms with Crippen LogP contribution in [-0.4, -0.2) is 18.4 Å². The Bertz CT molecular complexity index is 640. The second-order valence-electron chi connectivity index (χ2n) is 3.84. The molecule has 0 unspecified atom stereocenters. The molecule has 0 aliphatic heterocycles. The third-order valence-electron chi connectivity index (χ3n) is 2.31. The Hall–Kier alpha value is -1.60. The smallest absolute Gasteiger partial charge is 0.287 e. The quantitative estimate of drug-likeness (QED) is 0.826. The number of hydrogen-bond donors (Lipinski definition) is 2. The molecule has 0 aliphatic rings. The molecule has 0 spiro atoms. The molecule has 0 fully saturated rings. The van der Waals surface area contributed by atoms with Gasteiger partial charge in [-0.05, 0) is 46.3 Å². The summed E-state index contributed by atoms with van der Waals surface area (Å²) in [7, 11) is 0. The van der Waals surface area contributed by atoms with Gasteiger partial charge in [-0.3, -0.25) is 9.59 Å². The maximum atomic E-state index is 11.7. The van der Waals surface area contributed by atoms with E-state index in [2.05, 4.69) is 42.5 Å². The first kappa shape index (κ1) is 14.8.